The average Bonchev–Trinajstić information content (AvgIpc) is 2.29. The minimum atomic E-state index is 0.0400. The smallest absolute Gasteiger partial charge is 0.123 e. The maximum Gasteiger partial charge on any atom is 0.123 e. The van der Waals surface area contributed by atoms with Gasteiger partial charge in [0.05, 0.1) is 19.1 Å². The molecule has 0 aliphatic heterocycles. The minimum absolute atomic E-state index is 0.0400. The molecule has 1 rings (SSSR count). The number of rotatable bonds is 5. The first kappa shape index (κ1) is 14.0. The first-order valence-corrected chi connectivity index (χ1v) is 6.26. The quantitative estimate of drug-likeness (QED) is 0.838. The van der Waals surface area contributed by atoms with E-state index in [9.17, 15) is 0 Å². The molecule has 0 amide bonds. The van der Waals surface area contributed by atoms with Crippen molar-refractivity contribution >= 4 is 15.9 Å². The van der Waals surface area contributed by atoms with Gasteiger partial charge in [-0.1, -0.05) is 15.9 Å². The fraction of sp³-hybridized carbons (Fsp3) is 0.462. The van der Waals surface area contributed by atoms with Crippen molar-refractivity contribution in [3.05, 3.63) is 28.2 Å². The van der Waals surface area contributed by atoms with Crippen molar-refractivity contribution in [2.24, 2.45) is 5.92 Å². The van der Waals surface area contributed by atoms with Crippen LogP contribution in [0.15, 0.2) is 22.7 Å². The van der Waals surface area contributed by atoms with Crippen molar-refractivity contribution in [1.29, 1.82) is 5.26 Å². The van der Waals surface area contributed by atoms with Gasteiger partial charge in [0.15, 0.2) is 0 Å². The Morgan fingerprint density at radius 3 is 2.82 bits per heavy atom. The number of halogens is 1. The molecule has 0 radical (unpaired) electrons. The third-order valence-electron chi connectivity index (χ3n) is 2.49. The molecule has 0 aliphatic rings. The normalized spacial score (nSPS) is 12.2. The van der Waals surface area contributed by atoms with Crippen LogP contribution in [0.1, 0.15) is 12.5 Å². The lowest BCUT2D eigenvalue weighted by atomic mass is 10.1. The molecule has 1 unspecified atom stereocenters. The number of methoxy groups -OCH3 is 1. The van der Waals surface area contributed by atoms with Crippen LogP contribution in [0, 0.1) is 17.2 Å². The van der Waals surface area contributed by atoms with E-state index in [4.69, 9.17) is 10.00 Å². The lowest BCUT2D eigenvalue weighted by molar-refractivity contribution is 0.296. The number of hydrogen-bond acceptors (Lipinski definition) is 3. The molecule has 4 heteroatoms. The summed E-state index contributed by atoms with van der Waals surface area (Å²) in [6.45, 7) is 3.45. The third-order valence-corrected chi connectivity index (χ3v) is 2.98. The van der Waals surface area contributed by atoms with E-state index in [0.717, 1.165) is 28.9 Å². The molecule has 3 nitrogen and oxygen atoms in total. The van der Waals surface area contributed by atoms with Crippen LogP contribution in [-0.2, 0) is 6.54 Å². The van der Waals surface area contributed by atoms with Crippen LogP contribution in [0.25, 0.3) is 0 Å². The summed E-state index contributed by atoms with van der Waals surface area (Å²) >= 11 is 3.45. The van der Waals surface area contributed by atoms with Gasteiger partial charge in [-0.15, -0.1) is 0 Å². The Balaban J connectivity index is 2.73. The van der Waals surface area contributed by atoms with E-state index in [2.05, 4.69) is 26.9 Å². The highest BCUT2D eigenvalue weighted by Gasteiger charge is 2.09. The van der Waals surface area contributed by atoms with E-state index in [1.165, 1.54) is 0 Å². The molecule has 0 heterocycles. The molecule has 0 saturated heterocycles. The van der Waals surface area contributed by atoms with Crippen LogP contribution in [0.3, 0.4) is 0 Å². The van der Waals surface area contributed by atoms with Crippen LogP contribution in [-0.4, -0.2) is 25.6 Å². The monoisotopic (exact) mass is 296 g/mol. The van der Waals surface area contributed by atoms with E-state index in [1.54, 1.807) is 7.11 Å². The number of nitrogens with zero attached hydrogens (tertiary/aromatic N) is 2. The van der Waals surface area contributed by atoms with Gasteiger partial charge in [-0.2, -0.15) is 5.26 Å². The predicted molar refractivity (Wildman–Crippen MR) is 71.8 cm³/mol. The predicted octanol–water partition coefficient (Wildman–Crippen LogP) is 3.05. The standard InChI is InChI=1S/C13H17BrN2O/c1-10(7-15)8-16(2)9-11-6-12(14)4-5-13(11)17-3/h4-6,10H,8-9H2,1-3H3. The Hall–Kier alpha value is -1.05. The lowest BCUT2D eigenvalue weighted by Gasteiger charge is -2.19. The summed E-state index contributed by atoms with van der Waals surface area (Å²) in [5.74, 6) is 0.919. The molecule has 1 aromatic carbocycles. The zero-order valence-electron chi connectivity index (χ0n) is 10.4. The second-order valence-electron chi connectivity index (χ2n) is 4.18. The maximum atomic E-state index is 8.79. The van der Waals surface area contributed by atoms with Crippen molar-refractivity contribution < 1.29 is 4.74 Å². The highest BCUT2D eigenvalue weighted by atomic mass is 79.9. The van der Waals surface area contributed by atoms with E-state index >= 15 is 0 Å². The zero-order chi connectivity index (χ0) is 12.8. The Morgan fingerprint density at radius 1 is 1.53 bits per heavy atom. The Bertz CT molecular complexity index is 414. The molecule has 0 aliphatic carbocycles. The summed E-state index contributed by atoms with van der Waals surface area (Å²) < 4.78 is 6.36. The Labute approximate surface area is 111 Å². The van der Waals surface area contributed by atoms with Gasteiger partial charge in [-0.3, -0.25) is 0 Å². The average molecular weight is 297 g/mol. The second-order valence-corrected chi connectivity index (χ2v) is 5.10. The maximum absolute atomic E-state index is 8.79. The summed E-state index contributed by atoms with van der Waals surface area (Å²) in [7, 11) is 3.68. The molecule has 0 spiro atoms. The van der Waals surface area contributed by atoms with E-state index in [0.29, 0.717) is 0 Å². The van der Waals surface area contributed by atoms with Gasteiger partial charge in [-0.05, 0) is 32.2 Å². The van der Waals surface area contributed by atoms with Gasteiger partial charge in [0, 0.05) is 23.1 Å². The van der Waals surface area contributed by atoms with Gasteiger partial charge in [0.2, 0.25) is 0 Å². The third kappa shape index (κ3) is 4.37. The number of ether oxygens (including phenoxy) is 1. The van der Waals surface area contributed by atoms with Crippen LogP contribution >= 0.6 is 15.9 Å². The number of nitriles is 1. The molecule has 92 valence electrons. The second kappa shape index (κ2) is 6.63. The first-order chi connectivity index (χ1) is 8.06. The van der Waals surface area contributed by atoms with Gasteiger partial charge >= 0.3 is 0 Å². The minimum Gasteiger partial charge on any atom is -0.496 e. The molecule has 0 fully saturated rings. The highest BCUT2D eigenvalue weighted by molar-refractivity contribution is 9.10. The van der Waals surface area contributed by atoms with Crippen molar-refractivity contribution in [3.63, 3.8) is 0 Å². The summed E-state index contributed by atoms with van der Waals surface area (Å²) in [6.07, 6.45) is 0. The SMILES string of the molecule is COc1ccc(Br)cc1CN(C)CC(C)C#N. The molecular formula is C13H17BrN2O. The Kier molecular flexibility index (Phi) is 5.46. The van der Waals surface area contributed by atoms with Crippen LogP contribution in [0.4, 0.5) is 0 Å². The van der Waals surface area contributed by atoms with Gasteiger partial charge in [0.25, 0.3) is 0 Å². The van der Waals surface area contributed by atoms with Crippen molar-refractivity contribution in [1.82, 2.24) is 4.90 Å². The van der Waals surface area contributed by atoms with Crippen LogP contribution in [0.5, 0.6) is 5.75 Å². The fourth-order valence-electron chi connectivity index (χ4n) is 1.73. The summed E-state index contributed by atoms with van der Waals surface area (Å²) in [6, 6.07) is 8.19. The molecular weight excluding hydrogens is 280 g/mol. The molecule has 0 bridgehead atoms. The summed E-state index contributed by atoms with van der Waals surface area (Å²) in [4.78, 5) is 2.12. The first-order valence-electron chi connectivity index (χ1n) is 5.47. The van der Waals surface area contributed by atoms with Gasteiger partial charge in [0.1, 0.15) is 5.75 Å². The van der Waals surface area contributed by atoms with Crippen molar-refractivity contribution in [3.8, 4) is 11.8 Å². The van der Waals surface area contributed by atoms with Gasteiger partial charge < -0.3 is 9.64 Å². The molecule has 1 aromatic rings. The Morgan fingerprint density at radius 2 is 2.24 bits per heavy atom. The topological polar surface area (TPSA) is 36.3 Å². The number of hydrogen-bond donors (Lipinski definition) is 0. The van der Waals surface area contributed by atoms with Crippen molar-refractivity contribution in [2.75, 3.05) is 20.7 Å². The summed E-state index contributed by atoms with van der Waals surface area (Å²) in [5.41, 5.74) is 1.12. The molecule has 1 atom stereocenters. The lowest BCUT2D eigenvalue weighted by Crippen LogP contribution is -2.23. The van der Waals surface area contributed by atoms with E-state index in [-0.39, 0.29) is 5.92 Å². The van der Waals surface area contributed by atoms with E-state index in [1.807, 2.05) is 32.2 Å². The van der Waals surface area contributed by atoms with Crippen molar-refractivity contribution in [2.45, 2.75) is 13.5 Å². The van der Waals surface area contributed by atoms with Crippen LogP contribution in [0.2, 0.25) is 0 Å². The van der Waals surface area contributed by atoms with Crippen LogP contribution < -0.4 is 4.74 Å². The van der Waals surface area contributed by atoms with Gasteiger partial charge in [-0.25, -0.2) is 0 Å². The highest BCUT2D eigenvalue weighted by Crippen LogP contribution is 2.24. The molecule has 0 aromatic heterocycles. The summed E-state index contributed by atoms with van der Waals surface area (Å²) in [5, 5.41) is 8.79. The number of benzene rings is 1. The zero-order valence-corrected chi connectivity index (χ0v) is 12.0. The van der Waals surface area contributed by atoms with E-state index < -0.39 is 0 Å². The fourth-order valence-corrected chi connectivity index (χ4v) is 2.14. The molecule has 0 saturated carbocycles. The largest absolute Gasteiger partial charge is 0.496 e. The molecule has 17 heavy (non-hydrogen) atoms. The molecule has 0 N–H and O–H groups in total.